The minimum atomic E-state index is -0.980. The molecular weight excluding hydrogens is 186 g/mol. The highest BCUT2D eigenvalue weighted by Gasteiger charge is 1.83. The second kappa shape index (κ2) is 11.2. The Hall–Kier alpha value is 0.340. The van der Waals surface area contributed by atoms with Gasteiger partial charge in [-0.05, 0) is 0 Å². The predicted molar refractivity (Wildman–Crippen MR) is 39.8 cm³/mol. The van der Waals surface area contributed by atoms with Gasteiger partial charge in [-0.3, -0.25) is 4.79 Å². The lowest BCUT2D eigenvalue weighted by Crippen LogP contribution is -1.92. The summed E-state index contributed by atoms with van der Waals surface area (Å²) in [4.78, 5) is 9.24. The van der Waals surface area contributed by atoms with Crippen LogP contribution in [-0.4, -0.2) is 28.7 Å². The van der Waals surface area contributed by atoms with Crippen LogP contribution in [0, 0.1) is 0 Å². The maximum atomic E-state index is 9.24. The molecule has 0 unspecified atom stereocenters. The van der Waals surface area contributed by atoms with E-state index in [1.54, 1.807) is 0 Å². The van der Waals surface area contributed by atoms with Gasteiger partial charge in [0.2, 0.25) is 0 Å². The highest BCUT2D eigenvalue weighted by Crippen LogP contribution is 1.75. The van der Waals surface area contributed by atoms with Crippen LogP contribution in [0.1, 0.15) is 0 Å². The Labute approximate surface area is 68.7 Å². The quantitative estimate of drug-likeness (QED) is 0.679. The van der Waals surface area contributed by atoms with Crippen molar-refractivity contribution in [3.05, 3.63) is 0 Å². The van der Waals surface area contributed by atoms with E-state index >= 15 is 0 Å². The molecule has 5 heteroatoms. The summed E-state index contributed by atoms with van der Waals surface area (Å²) in [6.45, 7) is 0. The molecule has 0 saturated carbocycles. The van der Waals surface area contributed by atoms with Gasteiger partial charge in [-0.2, -0.15) is 0 Å². The second-order valence-corrected chi connectivity index (χ2v) is 1.93. The Bertz CT molecular complexity index is 64.8. The number of halogens is 3. The van der Waals surface area contributed by atoms with E-state index in [0.717, 1.165) is 0 Å². The molecule has 0 aliphatic carbocycles. The number of rotatable bonds is 2. The Morgan fingerprint density at radius 1 is 1.22 bits per heavy atom. The van der Waals surface area contributed by atoms with Crippen molar-refractivity contribution in [2.45, 2.75) is 0 Å². The molecular formula is C4H7Cl3O2. The maximum absolute atomic E-state index is 9.24. The van der Waals surface area contributed by atoms with Gasteiger partial charge in [0, 0.05) is 11.8 Å². The third-order valence-electron chi connectivity index (χ3n) is 0.186. The van der Waals surface area contributed by atoms with E-state index in [9.17, 15) is 4.79 Å². The molecule has 0 rings (SSSR count). The van der Waals surface area contributed by atoms with Gasteiger partial charge < -0.3 is 5.11 Å². The monoisotopic (exact) mass is 192 g/mol. The number of carboxylic acid groups (broad SMARTS) is 1. The highest BCUT2D eigenvalue weighted by molar-refractivity contribution is 6.26. The third-order valence-corrected chi connectivity index (χ3v) is 0.986. The Morgan fingerprint density at radius 2 is 1.44 bits per heavy atom. The van der Waals surface area contributed by atoms with Crippen molar-refractivity contribution in [3.63, 3.8) is 0 Å². The molecule has 0 aliphatic rings. The van der Waals surface area contributed by atoms with E-state index < -0.39 is 5.97 Å². The minimum Gasteiger partial charge on any atom is -0.480 e. The molecule has 9 heavy (non-hydrogen) atoms. The normalized spacial score (nSPS) is 7.44. The third kappa shape index (κ3) is 30.1. The van der Waals surface area contributed by atoms with Crippen molar-refractivity contribution in [2.24, 2.45) is 0 Å². The summed E-state index contributed by atoms with van der Waals surface area (Å²) in [5, 5.41) is 7.59. The van der Waals surface area contributed by atoms with Crippen molar-refractivity contribution >= 4 is 40.8 Å². The summed E-state index contributed by atoms with van der Waals surface area (Å²) < 4.78 is 0. The van der Waals surface area contributed by atoms with Crippen LogP contribution in [0.2, 0.25) is 0 Å². The van der Waals surface area contributed by atoms with Gasteiger partial charge in [0.25, 0.3) is 0 Å². The first-order valence-electron chi connectivity index (χ1n) is 2.08. The number of carbonyl (C=O) groups is 1. The lowest BCUT2D eigenvalue weighted by atomic mass is 10.8. The number of aliphatic carboxylic acids is 1. The summed E-state index contributed by atoms with van der Waals surface area (Å²) in [5.41, 5.74) is 0. The van der Waals surface area contributed by atoms with Crippen LogP contribution in [0.15, 0.2) is 0 Å². The molecule has 2 nitrogen and oxygen atoms in total. The summed E-state index contributed by atoms with van der Waals surface area (Å²) in [6.07, 6.45) is 0. The van der Waals surface area contributed by atoms with Crippen molar-refractivity contribution < 1.29 is 9.90 Å². The molecule has 0 radical (unpaired) electrons. The summed E-state index contributed by atoms with van der Waals surface area (Å²) in [7, 11) is 0. The molecule has 0 amide bonds. The molecule has 0 bridgehead atoms. The summed E-state index contributed by atoms with van der Waals surface area (Å²) in [6, 6.07) is 0. The zero-order chi connectivity index (χ0) is 7.70. The molecule has 56 valence electrons. The first kappa shape index (κ1) is 12.1. The smallest absolute Gasteiger partial charge is 0.318 e. The lowest BCUT2D eigenvalue weighted by molar-refractivity contribution is -0.134. The van der Waals surface area contributed by atoms with Crippen molar-refractivity contribution in [1.29, 1.82) is 0 Å². The molecule has 0 atom stereocenters. The zero-order valence-electron chi connectivity index (χ0n) is 4.61. The topological polar surface area (TPSA) is 37.3 Å². The van der Waals surface area contributed by atoms with Crippen molar-refractivity contribution in [3.8, 4) is 0 Å². The molecule has 0 fully saturated rings. The Kier molecular flexibility index (Phi) is 15.0. The van der Waals surface area contributed by atoms with E-state index in [1.807, 2.05) is 0 Å². The average Bonchev–Trinajstić information content (AvgIpc) is 1.89. The van der Waals surface area contributed by atoms with Gasteiger partial charge in [-0.1, -0.05) is 0 Å². The van der Waals surface area contributed by atoms with Crippen molar-refractivity contribution in [2.75, 3.05) is 17.6 Å². The largest absolute Gasteiger partial charge is 0.480 e. The van der Waals surface area contributed by atoms with E-state index in [4.69, 9.17) is 39.9 Å². The summed E-state index contributed by atoms with van der Waals surface area (Å²) >= 11 is 14.8. The average molecular weight is 193 g/mol. The number of carboxylic acids is 1. The molecule has 0 spiro atoms. The van der Waals surface area contributed by atoms with Crippen molar-refractivity contribution in [1.82, 2.24) is 0 Å². The van der Waals surface area contributed by atoms with E-state index in [1.165, 1.54) is 0 Å². The number of alkyl halides is 3. The number of hydrogen-bond donors (Lipinski definition) is 1. The fourth-order valence-corrected chi connectivity index (χ4v) is 0. The number of hydrogen-bond acceptors (Lipinski definition) is 1. The fraction of sp³-hybridized carbons (Fsp3) is 0.750. The molecule has 0 aromatic rings. The van der Waals surface area contributed by atoms with Gasteiger partial charge in [-0.15, -0.1) is 34.8 Å². The van der Waals surface area contributed by atoms with Crippen LogP contribution in [0.5, 0.6) is 0 Å². The Morgan fingerprint density at radius 3 is 1.44 bits per heavy atom. The van der Waals surface area contributed by atoms with Gasteiger partial charge in [0.15, 0.2) is 0 Å². The fourth-order valence-electron chi connectivity index (χ4n) is 0. The van der Waals surface area contributed by atoms with Crippen LogP contribution in [0.3, 0.4) is 0 Å². The lowest BCUT2D eigenvalue weighted by Gasteiger charge is -1.69. The molecule has 0 aromatic carbocycles. The second-order valence-electron chi connectivity index (χ2n) is 0.905. The molecule has 1 N–H and O–H groups in total. The van der Waals surface area contributed by atoms with Gasteiger partial charge in [-0.25, -0.2) is 0 Å². The molecule has 0 heterocycles. The minimum absolute atomic E-state index is 0.306. The summed E-state index contributed by atoms with van der Waals surface area (Å²) in [5.74, 6) is -0.171. The first-order valence-corrected chi connectivity index (χ1v) is 3.69. The van der Waals surface area contributed by atoms with Gasteiger partial charge >= 0.3 is 5.97 Å². The van der Waals surface area contributed by atoms with Gasteiger partial charge in [0.1, 0.15) is 5.88 Å². The van der Waals surface area contributed by atoms with Gasteiger partial charge in [0.05, 0.1) is 0 Å². The van der Waals surface area contributed by atoms with Crippen LogP contribution in [0.25, 0.3) is 0 Å². The van der Waals surface area contributed by atoms with Crippen LogP contribution < -0.4 is 0 Å². The van der Waals surface area contributed by atoms with E-state index in [0.29, 0.717) is 11.8 Å². The zero-order valence-corrected chi connectivity index (χ0v) is 6.88. The maximum Gasteiger partial charge on any atom is 0.318 e. The Balaban J connectivity index is 0. The molecule has 0 saturated heterocycles. The van der Waals surface area contributed by atoms with E-state index in [2.05, 4.69) is 0 Å². The van der Waals surface area contributed by atoms with Crippen LogP contribution in [0.4, 0.5) is 0 Å². The molecule has 0 aromatic heterocycles. The molecule has 0 aliphatic heterocycles. The van der Waals surface area contributed by atoms with E-state index in [-0.39, 0.29) is 5.88 Å². The predicted octanol–water partition coefficient (Wildman–Crippen LogP) is 1.77. The highest BCUT2D eigenvalue weighted by atomic mass is 35.5. The van der Waals surface area contributed by atoms with Crippen LogP contribution in [-0.2, 0) is 4.79 Å². The first-order chi connectivity index (χ1) is 4.18. The standard InChI is InChI=1S/C2H4Cl2.C2H3ClO2/c3-1-2-4;3-1-2(4)5/h1-2H2;1H2,(H,4,5). The van der Waals surface area contributed by atoms with Crippen LogP contribution >= 0.6 is 34.8 Å². The SMILES string of the molecule is ClCCCl.O=C(O)CCl.